The van der Waals surface area contributed by atoms with Crippen LogP contribution in [0.3, 0.4) is 0 Å². The lowest BCUT2D eigenvalue weighted by Crippen LogP contribution is -2.49. The van der Waals surface area contributed by atoms with Gasteiger partial charge in [0.15, 0.2) is 5.78 Å². The molecule has 2 nitrogen and oxygen atoms in total. The second-order valence-corrected chi connectivity index (χ2v) is 5.34. The summed E-state index contributed by atoms with van der Waals surface area (Å²) in [7, 11) is 0. The zero-order valence-electron chi connectivity index (χ0n) is 12.7. The van der Waals surface area contributed by atoms with Crippen LogP contribution in [0, 0.1) is 6.92 Å². The summed E-state index contributed by atoms with van der Waals surface area (Å²) in [6.45, 7) is 12.0. The van der Waals surface area contributed by atoms with E-state index in [4.69, 9.17) is 0 Å². The summed E-state index contributed by atoms with van der Waals surface area (Å²) >= 11 is 0. The normalized spacial score (nSPS) is 12.3. The standard InChI is InChI=1S/C17H25NO/c1-6-18(7-2)17(4,5)16(19)13-12-15-10-8-14(3)9-11-15/h8-13H,6-7H2,1-5H3. The van der Waals surface area contributed by atoms with Crippen molar-refractivity contribution in [2.75, 3.05) is 13.1 Å². The molecule has 0 radical (unpaired) electrons. The quantitative estimate of drug-likeness (QED) is 0.726. The van der Waals surface area contributed by atoms with Gasteiger partial charge in [0.25, 0.3) is 0 Å². The Labute approximate surface area is 117 Å². The van der Waals surface area contributed by atoms with E-state index in [-0.39, 0.29) is 5.78 Å². The Hall–Kier alpha value is -1.41. The molecule has 0 aliphatic heterocycles. The van der Waals surface area contributed by atoms with E-state index in [0.29, 0.717) is 0 Å². The van der Waals surface area contributed by atoms with E-state index in [0.717, 1.165) is 18.7 Å². The molecule has 1 rings (SSSR count). The summed E-state index contributed by atoms with van der Waals surface area (Å²) in [6.07, 6.45) is 3.59. The highest BCUT2D eigenvalue weighted by Crippen LogP contribution is 2.16. The topological polar surface area (TPSA) is 20.3 Å². The van der Waals surface area contributed by atoms with Gasteiger partial charge in [0.05, 0.1) is 5.54 Å². The van der Waals surface area contributed by atoms with Crippen LogP contribution in [0.5, 0.6) is 0 Å². The van der Waals surface area contributed by atoms with Crippen molar-refractivity contribution >= 4 is 11.9 Å². The first kappa shape index (κ1) is 15.6. The van der Waals surface area contributed by atoms with Gasteiger partial charge >= 0.3 is 0 Å². The Morgan fingerprint density at radius 1 is 1.16 bits per heavy atom. The summed E-state index contributed by atoms with van der Waals surface area (Å²) < 4.78 is 0. The van der Waals surface area contributed by atoms with Gasteiger partial charge in [0.1, 0.15) is 0 Å². The first-order valence-electron chi connectivity index (χ1n) is 6.96. The zero-order valence-corrected chi connectivity index (χ0v) is 12.7. The number of hydrogen-bond acceptors (Lipinski definition) is 2. The average Bonchev–Trinajstić information content (AvgIpc) is 2.38. The third kappa shape index (κ3) is 4.03. The molecule has 0 unspecified atom stereocenters. The van der Waals surface area contributed by atoms with Crippen molar-refractivity contribution in [3.05, 3.63) is 41.5 Å². The van der Waals surface area contributed by atoms with Crippen molar-refractivity contribution in [1.29, 1.82) is 0 Å². The third-order valence-corrected chi connectivity index (χ3v) is 3.66. The Morgan fingerprint density at radius 3 is 2.16 bits per heavy atom. The number of likely N-dealkylation sites (N-methyl/N-ethyl adjacent to an activating group) is 1. The number of rotatable bonds is 6. The second-order valence-electron chi connectivity index (χ2n) is 5.34. The minimum absolute atomic E-state index is 0.150. The monoisotopic (exact) mass is 259 g/mol. The lowest BCUT2D eigenvalue weighted by Gasteiger charge is -2.34. The maximum Gasteiger partial charge on any atom is 0.175 e. The van der Waals surface area contributed by atoms with Crippen LogP contribution >= 0.6 is 0 Å². The molecular weight excluding hydrogens is 234 g/mol. The average molecular weight is 259 g/mol. The third-order valence-electron chi connectivity index (χ3n) is 3.66. The van der Waals surface area contributed by atoms with E-state index in [2.05, 4.69) is 37.8 Å². The minimum atomic E-state index is -0.440. The van der Waals surface area contributed by atoms with E-state index < -0.39 is 5.54 Å². The van der Waals surface area contributed by atoms with Crippen LogP contribution in [-0.4, -0.2) is 29.3 Å². The molecule has 19 heavy (non-hydrogen) atoms. The Balaban J connectivity index is 2.81. The fourth-order valence-electron chi connectivity index (χ4n) is 2.22. The van der Waals surface area contributed by atoms with E-state index in [1.807, 2.05) is 32.1 Å². The molecule has 2 heteroatoms. The van der Waals surface area contributed by atoms with Crippen LogP contribution in [0.2, 0.25) is 0 Å². The first-order valence-corrected chi connectivity index (χ1v) is 6.96. The molecule has 0 fully saturated rings. The highest BCUT2D eigenvalue weighted by Gasteiger charge is 2.30. The molecule has 0 aromatic heterocycles. The van der Waals surface area contributed by atoms with Gasteiger partial charge < -0.3 is 0 Å². The molecule has 104 valence electrons. The van der Waals surface area contributed by atoms with Crippen LogP contribution in [0.1, 0.15) is 38.8 Å². The van der Waals surface area contributed by atoms with Crippen LogP contribution in [-0.2, 0) is 4.79 Å². The van der Waals surface area contributed by atoms with Gasteiger partial charge in [-0.15, -0.1) is 0 Å². The lowest BCUT2D eigenvalue weighted by molar-refractivity contribution is -0.124. The number of carbonyl (C=O) groups excluding carboxylic acids is 1. The highest BCUT2D eigenvalue weighted by atomic mass is 16.1. The van der Waals surface area contributed by atoms with E-state index in [1.54, 1.807) is 6.08 Å². The van der Waals surface area contributed by atoms with Crippen molar-refractivity contribution in [2.24, 2.45) is 0 Å². The molecule has 0 aliphatic carbocycles. The van der Waals surface area contributed by atoms with Crippen molar-refractivity contribution in [3.63, 3.8) is 0 Å². The largest absolute Gasteiger partial charge is 0.293 e. The number of ketones is 1. The Kier molecular flexibility index (Phi) is 5.49. The number of aryl methyl sites for hydroxylation is 1. The smallest absolute Gasteiger partial charge is 0.175 e. The Bertz CT molecular complexity index is 439. The van der Waals surface area contributed by atoms with Gasteiger partial charge in [-0.1, -0.05) is 49.8 Å². The molecule has 0 saturated heterocycles. The summed E-state index contributed by atoms with van der Waals surface area (Å²) in [4.78, 5) is 14.5. The lowest BCUT2D eigenvalue weighted by atomic mass is 9.95. The summed E-state index contributed by atoms with van der Waals surface area (Å²) in [5.74, 6) is 0.150. The van der Waals surface area contributed by atoms with Crippen LogP contribution in [0.15, 0.2) is 30.3 Å². The highest BCUT2D eigenvalue weighted by molar-refractivity contribution is 6.00. The van der Waals surface area contributed by atoms with Crippen LogP contribution in [0.25, 0.3) is 6.08 Å². The van der Waals surface area contributed by atoms with E-state index in [1.165, 1.54) is 5.56 Å². The maximum atomic E-state index is 12.3. The minimum Gasteiger partial charge on any atom is -0.293 e. The number of benzene rings is 1. The van der Waals surface area contributed by atoms with Gasteiger partial charge in [-0.3, -0.25) is 9.69 Å². The molecule has 0 saturated carbocycles. The second kappa shape index (κ2) is 6.67. The van der Waals surface area contributed by atoms with Gasteiger partial charge in [0, 0.05) is 0 Å². The maximum absolute atomic E-state index is 12.3. The number of hydrogen-bond donors (Lipinski definition) is 0. The Morgan fingerprint density at radius 2 is 1.68 bits per heavy atom. The fraction of sp³-hybridized carbons (Fsp3) is 0.471. The van der Waals surface area contributed by atoms with Crippen molar-refractivity contribution < 1.29 is 4.79 Å². The number of carbonyl (C=O) groups is 1. The molecule has 0 amide bonds. The van der Waals surface area contributed by atoms with E-state index >= 15 is 0 Å². The summed E-state index contributed by atoms with van der Waals surface area (Å²) in [5, 5.41) is 0. The first-order chi connectivity index (χ1) is 8.91. The number of nitrogens with zero attached hydrogens (tertiary/aromatic N) is 1. The molecule has 0 heterocycles. The van der Waals surface area contributed by atoms with Crippen LogP contribution < -0.4 is 0 Å². The summed E-state index contributed by atoms with van der Waals surface area (Å²) in [5.41, 5.74) is 1.85. The van der Waals surface area contributed by atoms with E-state index in [9.17, 15) is 4.79 Å². The molecule has 1 aromatic rings. The molecule has 0 spiro atoms. The molecule has 0 aliphatic rings. The fourth-order valence-corrected chi connectivity index (χ4v) is 2.22. The molecular formula is C17H25NO. The SMILES string of the molecule is CCN(CC)C(C)(C)C(=O)C=Cc1ccc(C)cc1. The van der Waals surface area contributed by atoms with Gasteiger partial charge in [-0.05, 0) is 45.5 Å². The van der Waals surface area contributed by atoms with Crippen molar-refractivity contribution in [1.82, 2.24) is 4.90 Å². The van der Waals surface area contributed by atoms with Gasteiger partial charge in [-0.25, -0.2) is 0 Å². The summed E-state index contributed by atoms with van der Waals surface area (Å²) in [6, 6.07) is 8.17. The molecule has 0 N–H and O–H groups in total. The molecule has 1 aromatic carbocycles. The van der Waals surface area contributed by atoms with Crippen molar-refractivity contribution in [2.45, 2.75) is 40.2 Å². The van der Waals surface area contributed by atoms with Crippen molar-refractivity contribution in [3.8, 4) is 0 Å². The van der Waals surface area contributed by atoms with Gasteiger partial charge in [0.2, 0.25) is 0 Å². The molecule has 0 atom stereocenters. The van der Waals surface area contributed by atoms with Gasteiger partial charge in [-0.2, -0.15) is 0 Å². The predicted octanol–water partition coefficient (Wildman–Crippen LogP) is 3.70. The molecule has 0 bridgehead atoms. The van der Waals surface area contributed by atoms with Crippen LogP contribution in [0.4, 0.5) is 0 Å². The predicted molar refractivity (Wildman–Crippen MR) is 82.2 cm³/mol. The zero-order chi connectivity index (χ0) is 14.5.